The maximum Gasteiger partial charge on any atom is 0.409 e. The van der Waals surface area contributed by atoms with Crippen molar-refractivity contribution in [3.63, 3.8) is 0 Å². The molecule has 0 aliphatic heterocycles. The average molecular weight is 568 g/mol. The molecule has 11 heteroatoms. The predicted molar refractivity (Wildman–Crippen MR) is 129 cm³/mol. The second kappa shape index (κ2) is 13.6. The van der Waals surface area contributed by atoms with Crippen molar-refractivity contribution >= 4 is 34.4 Å². The first kappa shape index (κ1) is 24.7. The number of aromatic nitrogens is 3. The fraction of sp³-hybridized carbons (Fsp3) is 0.318. The van der Waals surface area contributed by atoms with Crippen LogP contribution in [0.1, 0.15) is 5.69 Å². The molecular formula is C22H25IN4O6. The molecule has 0 bridgehead atoms. The smallest absolute Gasteiger partial charge is 0.409 e. The predicted octanol–water partition coefficient (Wildman–Crippen LogP) is 3.66. The second-order valence-corrected chi connectivity index (χ2v) is 7.99. The third-order valence-electron chi connectivity index (χ3n) is 4.23. The molecule has 0 saturated heterocycles. The standard InChI is InChI=1S/C22H25IN4O6/c23-17-1-5-21(6-2-17)33-16-19-15-27(26-25-19)9-10-30-11-12-31-13-14-32-20-7-3-18(4-8-20)24-22(28)29/h1-8,15,24H,9-14,16H2,(H,28,29). The van der Waals surface area contributed by atoms with Crippen LogP contribution in [0.2, 0.25) is 0 Å². The van der Waals surface area contributed by atoms with Gasteiger partial charge in [0, 0.05) is 9.26 Å². The molecule has 0 atom stereocenters. The molecule has 1 heterocycles. The quantitative estimate of drug-likeness (QED) is 0.224. The van der Waals surface area contributed by atoms with Gasteiger partial charge in [0.1, 0.15) is 30.4 Å². The van der Waals surface area contributed by atoms with Gasteiger partial charge >= 0.3 is 6.09 Å². The molecule has 1 amide bonds. The summed E-state index contributed by atoms with van der Waals surface area (Å²) in [6.07, 6.45) is 0.738. The van der Waals surface area contributed by atoms with Crippen molar-refractivity contribution in [3.8, 4) is 11.5 Å². The fourth-order valence-electron chi connectivity index (χ4n) is 2.66. The minimum Gasteiger partial charge on any atom is -0.491 e. The highest BCUT2D eigenvalue weighted by Crippen LogP contribution is 2.16. The van der Waals surface area contributed by atoms with E-state index in [1.54, 1.807) is 28.9 Å². The van der Waals surface area contributed by atoms with Crippen LogP contribution >= 0.6 is 22.6 Å². The fourth-order valence-corrected chi connectivity index (χ4v) is 3.02. The van der Waals surface area contributed by atoms with Crippen LogP contribution in [0.25, 0.3) is 0 Å². The molecule has 0 aliphatic rings. The number of hydrogen-bond donors (Lipinski definition) is 2. The summed E-state index contributed by atoms with van der Waals surface area (Å²) in [4.78, 5) is 10.6. The first-order valence-corrected chi connectivity index (χ1v) is 11.3. The van der Waals surface area contributed by atoms with Crippen LogP contribution in [-0.2, 0) is 22.6 Å². The lowest BCUT2D eigenvalue weighted by Gasteiger charge is -2.08. The summed E-state index contributed by atoms with van der Waals surface area (Å²) < 4.78 is 25.1. The molecule has 0 radical (unpaired) electrons. The van der Waals surface area contributed by atoms with Gasteiger partial charge in [0.25, 0.3) is 0 Å². The summed E-state index contributed by atoms with van der Waals surface area (Å²) in [6, 6.07) is 14.5. The molecule has 3 aromatic rings. The minimum atomic E-state index is -1.10. The zero-order valence-corrected chi connectivity index (χ0v) is 20.0. The molecule has 0 saturated carbocycles. The third kappa shape index (κ3) is 9.63. The Morgan fingerprint density at radius 3 is 2.27 bits per heavy atom. The van der Waals surface area contributed by atoms with Gasteiger partial charge in [-0.25, -0.2) is 9.48 Å². The van der Waals surface area contributed by atoms with Gasteiger partial charge < -0.3 is 24.1 Å². The van der Waals surface area contributed by atoms with E-state index in [9.17, 15) is 4.79 Å². The van der Waals surface area contributed by atoms with E-state index in [2.05, 4.69) is 38.2 Å². The summed E-state index contributed by atoms with van der Waals surface area (Å²) in [7, 11) is 0. The Bertz CT molecular complexity index is 981. The number of nitrogens with one attached hydrogen (secondary N) is 1. The maximum absolute atomic E-state index is 10.6. The van der Waals surface area contributed by atoms with E-state index in [1.807, 2.05) is 30.5 Å². The third-order valence-corrected chi connectivity index (χ3v) is 4.94. The number of nitrogens with zero attached hydrogens (tertiary/aromatic N) is 3. The van der Waals surface area contributed by atoms with Crippen molar-refractivity contribution in [1.29, 1.82) is 0 Å². The highest BCUT2D eigenvalue weighted by Gasteiger charge is 2.03. The Morgan fingerprint density at radius 2 is 1.55 bits per heavy atom. The van der Waals surface area contributed by atoms with Crippen LogP contribution in [0.15, 0.2) is 54.7 Å². The van der Waals surface area contributed by atoms with Gasteiger partial charge in [0.2, 0.25) is 0 Å². The molecule has 0 aliphatic carbocycles. The maximum atomic E-state index is 10.6. The minimum absolute atomic E-state index is 0.362. The van der Waals surface area contributed by atoms with Gasteiger partial charge in [0.15, 0.2) is 0 Å². The number of amides is 1. The lowest BCUT2D eigenvalue weighted by Crippen LogP contribution is -2.13. The van der Waals surface area contributed by atoms with Gasteiger partial charge in [0.05, 0.1) is 39.2 Å². The van der Waals surface area contributed by atoms with Crippen LogP contribution < -0.4 is 14.8 Å². The van der Waals surface area contributed by atoms with E-state index >= 15 is 0 Å². The molecule has 0 unspecified atom stereocenters. The first-order valence-electron chi connectivity index (χ1n) is 10.2. The number of carboxylic acid groups (broad SMARTS) is 1. The lowest BCUT2D eigenvalue weighted by atomic mass is 10.3. The number of carbonyl (C=O) groups is 1. The summed E-state index contributed by atoms with van der Waals surface area (Å²) in [6.45, 7) is 3.18. The Morgan fingerprint density at radius 1 is 0.909 bits per heavy atom. The van der Waals surface area contributed by atoms with Crippen molar-refractivity contribution in [1.82, 2.24) is 15.0 Å². The van der Waals surface area contributed by atoms with E-state index in [4.69, 9.17) is 24.1 Å². The Balaban J connectivity index is 1.19. The second-order valence-electron chi connectivity index (χ2n) is 6.74. The number of benzene rings is 2. The van der Waals surface area contributed by atoms with Crippen LogP contribution in [0.5, 0.6) is 11.5 Å². The molecule has 3 rings (SSSR count). The molecule has 33 heavy (non-hydrogen) atoms. The average Bonchev–Trinajstić information content (AvgIpc) is 3.26. The molecule has 176 valence electrons. The zero-order valence-electron chi connectivity index (χ0n) is 17.9. The lowest BCUT2D eigenvalue weighted by molar-refractivity contribution is 0.0333. The van der Waals surface area contributed by atoms with E-state index in [0.717, 1.165) is 15.0 Å². The Kier molecular flexibility index (Phi) is 10.2. The molecule has 1 aromatic heterocycles. The molecule has 2 N–H and O–H groups in total. The van der Waals surface area contributed by atoms with E-state index in [-0.39, 0.29) is 0 Å². The van der Waals surface area contributed by atoms with E-state index in [1.165, 1.54) is 0 Å². The normalized spacial score (nSPS) is 10.7. The SMILES string of the molecule is O=C(O)Nc1ccc(OCCOCCOCCn2cc(COc3ccc(I)cc3)nn2)cc1. The van der Waals surface area contributed by atoms with Crippen LogP contribution in [0.4, 0.5) is 10.5 Å². The largest absolute Gasteiger partial charge is 0.491 e. The molecule has 0 spiro atoms. The zero-order chi connectivity index (χ0) is 23.3. The van der Waals surface area contributed by atoms with Crippen LogP contribution in [0.3, 0.4) is 0 Å². The van der Waals surface area contributed by atoms with E-state index < -0.39 is 6.09 Å². The van der Waals surface area contributed by atoms with Crippen molar-refractivity contribution in [2.45, 2.75) is 13.2 Å². The summed E-state index contributed by atoms with van der Waals surface area (Å²) in [5.74, 6) is 1.44. The van der Waals surface area contributed by atoms with Crippen LogP contribution in [-0.4, -0.2) is 59.2 Å². The van der Waals surface area contributed by atoms with Gasteiger partial charge in [-0.1, -0.05) is 5.21 Å². The highest BCUT2D eigenvalue weighted by atomic mass is 127. The Labute approximate surface area is 204 Å². The number of halogens is 1. The number of anilines is 1. The Hall–Kier alpha value is -2.90. The molecule has 2 aromatic carbocycles. The van der Waals surface area contributed by atoms with Gasteiger partial charge in [-0.3, -0.25) is 5.32 Å². The molecular weight excluding hydrogens is 543 g/mol. The van der Waals surface area contributed by atoms with Crippen molar-refractivity contribution in [3.05, 3.63) is 64.0 Å². The number of hydrogen-bond acceptors (Lipinski definition) is 7. The summed E-state index contributed by atoms with van der Waals surface area (Å²) in [5.41, 5.74) is 1.24. The van der Waals surface area contributed by atoms with Crippen molar-refractivity contribution in [2.24, 2.45) is 0 Å². The number of ether oxygens (including phenoxy) is 4. The summed E-state index contributed by atoms with van der Waals surface area (Å²) >= 11 is 2.25. The first-order chi connectivity index (χ1) is 16.1. The molecule has 10 nitrogen and oxygen atoms in total. The van der Waals surface area contributed by atoms with Crippen molar-refractivity contribution in [2.75, 3.05) is 38.4 Å². The van der Waals surface area contributed by atoms with Gasteiger partial charge in [-0.2, -0.15) is 0 Å². The topological polar surface area (TPSA) is 117 Å². The van der Waals surface area contributed by atoms with Gasteiger partial charge in [-0.15, -0.1) is 5.10 Å². The summed E-state index contributed by atoms with van der Waals surface area (Å²) in [5, 5.41) is 19.1. The van der Waals surface area contributed by atoms with Crippen molar-refractivity contribution < 1.29 is 28.8 Å². The van der Waals surface area contributed by atoms with Crippen LogP contribution in [0, 0.1) is 3.57 Å². The number of rotatable bonds is 14. The molecule has 0 fully saturated rings. The van der Waals surface area contributed by atoms with E-state index in [0.29, 0.717) is 57.6 Å². The monoisotopic (exact) mass is 568 g/mol. The van der Waals surface area contributed by atoms with Gasteiger partial charge in [-0.05, 0) is 71.1 Å². The highest BCUT2D eigenvalue weighted by molar-refractivity contribution is 14.1.